The number of carbonyl (C=O) groups is 2. The second-order valence-electron chi connectivity index (χ2n) is 16.7. The molecule has 62 heavy (non-hydrogen) atoms. The van der Waals surface area contributed by atoms with Crippen LogP contribution in [-0.2, 0) is 32.7 Å². The molecule has 0 spiro atoms. The number of hydrogen-bond donors (Lipinski definition) is 2. The highest BCUT2D eigenvalue weighted by molar-refractivity contribution is 7.47. The summed E-state index contributed by atoms with van der Waals surface area (Å²) in [5.41, 5.74) is 5.36. The minimum Gasteiger partial charge on any atom is -0.462 e. The third-order valence-corrected chi connectivity index (χ3v) is 11.6. The monoisotopic (exact) mass is 892 g/mol. The molecular weight excluding hydrogens is 798 g/mol. The quantitative estimate of drug-likeness (QED) is 0.0265. The molecule has 0 rings (SSSR count). The normalized spacial score (nSPS) is 13.7. The molecule has 0 bridgehead atoms. The molecule has 0 aliphatic rings. The lowest BCUT2D eigenvalue weighted by molar-refractivity contribution is -0.161. The van der Waals surface area contributed by atoms with Gasteiger partial charge in [0, 0.05) is 19.4 Å². The zero-order valence-corrected chi connectivity index (χ0v) is 40.7. The summed E-state index contributed by atoms with van der Waals surface area (Å²) in [5.74, 6) is -0.837. The molecule has 0 saturated carbocycles. The summed E-state index contributed by atoms with van der Waals surface area (Å²) in [6.07, 6.45) is 58.3. The summed E-state index contributed by atoms with van der Waals surface area (Å²) < 4.78 is 32.9. The van der Waals surface area contributed by atoms with Crippen molar-refractivity contribution in [2.75, 3.05) is 26.4 Å². The Bertz CT molecular complexity index is 1200. The van der Waals surface area contributed by atoms with Crippen LogP contribution >= 0.6 is 7.82 Å². The highest BCUT2D eigenvalue weighted by Crippen LogP contribution is 2.43. The molecule has 2 atom stereocenters. The van der Waals surface area contributed by atoms with E-state index in [0.717, 1.165) is 83.5 Å². The van der Waals surface area contributed by atoms with E-state index in [2.05, 4.69) is 74.6 Å². The Balaban J connectivity index is 4.04. The van der Waals surface area contributed by atoms with Crippen LogP contribution in [0.15, 0.2) is 60.8 Å². The minimum absolute atomic E-state index is 0.0506. The zero-order valence-electron chi connectivity index (χ0n) is 39.8. The lowest BCUT2D eigenvalue weighted by Gasteiger charge is -2.19. The van der Waals surface area contributed by atoms with Gasteiger partial charge in [0.25, 0.3) is 0 Å². The summed E-state index contributed by atoms with van der Waals surface area (Å²) in [6.45, 7) is 3.62. The van der Waals surface area contributed by atoms with Gasteiger partial charge in [-0.1, -0.05) is 197 Å². The second-order valence-corrected chi connectivity index (χ2v) is 18.1. The van der Waals surface area contributed by atoms with Crippen molar-refractivity contribution in [1.82, 2.24) is 0 Å². The first-order valence-corrected chi connectivity index (χ1v) is 26.8. The number of phosphoric ester groups is 1. The second kappa shape index (κ2) is 48.2. The molecule has 0 radical (unpaired) electrons. The van der Waals surface area contributed by atoms with Gasteiger partial charge in [0.05, 0.1) is 13.2 Å². The van der Waals surface area contributed by atoms with E-state index in [-0.39, 0.29) is 38.6 Å². The van der Waals surface area contributed by atoms with E-state index in [1.54, 1.807) is 0 Å². The number of unbranched alkanes of at least 4 members (excludes halogenated alkanes) is 24. The molecule has 0 fully saturated rings. The Morgan fingerprint density at radius 3 is 1.34 bits per heavy atom. The van der Waals surface area contributed by atoms with Gasteiger partial charge in [-0.05, 0) is 77.0 Å². The molecule has 0 saturated heterocycles. The Morgan fingerprint density at radius 1 is 0.500 bits per heavy atom. The molecule has 360 valence electrons. The van der Waals surface area contributed by atoms with Crippen LogP contribution in [0, 0.1) is 0 Å². The number of allylic oxidation sites excluding steroid dienone is 10. The molecule has 0 aliphatic carbocycles. The van der Waals surface area contributed by atoms with E-state index in [4.69, 9.17) is 24.3 Å². The summed E-state index contributed by atoms with van der Waals surface area (Å²) in [4.78, 5) is 35.0. The van der Waals surface area contributed by atoms with E-state index in [1.165, 1.54) is 109 Å². The number of esters is 2. The molecule has 9 nitrogen and oxygen atoms in total. The molecule has 3 N–H and O–H groups in total. The van der Waals surface area contributed by atoms with Crippen LogP contribution in [0.2, 0.25) is 0 Å². The Labute approximate surface area is 380 Å². The van der Waals surface area contributed by atoms with Crippen LogP contribution in [0.1, 0.15) is 226 Å². The van der Waals surface area contributed by atoms with Crippen molar-refractivity contribution in [2.24, 2.45) is 5.73 Å². The molecular formula is C52H94NO8P. The molecule has 2 unspecified atom stereocenters. The molecule has 0 aliphatic heterocycles. The van der Waals surface area contributed by atoms with Crippen molar-refractivity contribution in [2.45, 2.75) is 232 Å². The van der Waals surface area contributed by atoms with Gasteiger partial charge < -0.3 is 20.1 Å². The SMILES string of the molecule is CC/C=C\C/C=C\C/C=C\C/C=C\CCCCCCCCCCCCCCC(=O)OC(COC(=O)CCCCCCC/C=C\CCCCCCCCC)COP(=O)(O)OCCN. The highest BCUT2D eigenvalue weighted by Gasteiger charge is 2.26. The summed E-state index contributed by atoms with van der Waals surface area (Å²) in [5, 5.41) is 0. The predicted octanol–water partition coefficient (Wildman–Crippen LogP) is 15.2. The number of nitrogens with two attached hydrogens (primary N) is 1. The first-order chi connectivity index (χ1) is 30.3. The average Bonchev–Trinajstić information content (AvgIpc) is 3.26. The fourth-order valence-corrected chi connectivity index (χ4v) is 7.68. The topological polar surface area (TPSA) is 134 Å². The van der Waals surface area contributed by atoms with E-state index < -0.39 is 26.5 Å². The van der Waals surface area contributed by atoms with Gasteiger partial charge in [-0.25, -0.2) is 4.57 Å². The lowest BCUT2D eigenvalue weighted by Crippen LogP contribution is -2.29. The van der Waals surface area contributed by atoms with Crippen LogP contribution < -0.4 is 5.73 Å². The Hall–Kier alpha value is -2.29. The van der Waals surface area contributed by atoms with E-state index >= 15 is 0 Å². The first-order valence-electron chi connectivity index (χ1n) is 25.3. The van der Waals surface area contributed by atoms with Gasteiger partial charge in [0.15, 0.2) is 6.10 Å². The zero-order chi connectivity index (χ0) is 45.3. The minimum atomic E-state index is -4.39. The van der Waals surface area contributed by atoms with E-state index in [1.807, 2.05) is 0 Å². The highest BCUT2D eigenvalue weighted by atomic mass is 31.2. The summed E-state index contributed by atoms with van der Waals surface area (Å²) in [7, 11) is -4.39. The maximum Gasteiger partial charge on any atom is 0.472 e. The van der Waals surface area contributed by atoms with Gasteiger partial charge in [0.1, 0.15) is 6.61 Å². The lowest BCUT2D eigenvalue weighted by atomic mass is 10.0. The first kappa shape index (κ1) is 59.7. The van der Waals surface area contributed by atoms with Crippen molar-refractivity contribution < 1.29 is 37.6 Å². The van der Waals surface area contributed by atoms with Crippen LogP contribution in [-0.4, -0.2) is 49.3 Å². The molecule has 0 heterocycles. The van der Waals surface area contributed by atoms with E-state index in [9.17, 15) is 19.0 Å². The van der Waals surface area contributed by atoms with Gasteiger partial charge in [0.2, 0.25) is 0 Å². The van der Waals surface area contributed by atoms with Crippen molar-refractivity contribution in [3.05, 3.63) is 60.8 Å². The van der Waals surface area contributed by atoms with Crippen LogP contribution in [0.4, 0.5) is 0 Å². The van der Waals surface area contributed by atoms with Crippen molar-refractivity contribution >= 4 is 19.8 Å². The third kappa shape index (κ3) is 47.2. The maximum absolute atomic E-state index is 12.7. The van der Waals surface area contributed by atoms with Crippen molar-refractivity contribution in [1.29, 1.82) is 0 Å². The fraction of sp³-hybridized carbons (Fsp3) is 0.769. The largest absolute Gasteiger partial charge is 0.472 e. The van der Waals surface area contributed by atoms with Gasteiger partial charge >= 0.3 is 19.8 Å². The molecule has 0 amide bonds. The van der Waals surface area contributed by atoms with Gasteiger partial charge in [-0.3, -0.25) is 18.6 Å². The standard InChI is InChI=1S/C52H94NO8P/c1-3-5-7-9-11-13-15-17-19-21-22-23-24-25-26-27-28-29-31-33-35-37-39-41-43-45-52(55)61-50(49-60-62(56,57)59-47-46-53)48-58-51(54)44-42-40-38-36-34-32-30-20-18-16-14-12-10-8-6-4-2/h5,7,11,13,17,19-20,22-23,30,50H,3-4,6,8-10,12,14-16,18,21,24-29,31-49,53H2,1-2H3,(H,56,57)/b7-5-,13-11-,19-17-,23-22-,30-20-. The van der Waals surface area contributed by atoms with Gasteiger partial charge in [-0.2, -0.15) is 0 Å². The van der Waals surface area contributed by atoms with Crippen molar-refractivity contribution in [3.63, 3.8) is 0 Å². The molecule has 0 aromatic carbocycles. The Kier molecular flexibility index (Phi) is 46.4. The predicted molar refractivity (Wildman–Crippen MR) is 261 cm³/mol. The van der Waals surface area contributed by atoms with E-state index in [0.29, 0.717) is 6.42 Å². The average molecular weight is 892 g/mol. The molecule has 0 aromatic rings. The number of rotatable bonds is 47. The maximum atomic E-state index is 12.7. The van der Waals surface area contributed by atoms with Crippen LogP contribution in [0.25, 0.3) is 0 Å². The summed E-state index contributed by atoms with van der Waals surface area (Å²) >= 11 is 0. The van der Waals surface area contributed by atoms with Crippen LogP contribution in [0.3, 0.4) is 0 Å². The third-order valence-electron chi connectivity index (χ3n) is 10.6. The van der Waals surface area contributed by atoms with Crippen LogP contribution in [0.5, 0.6) is 0 Å². The number of hydrogen-bond acceptors (Lipinski definition) is 8. The summed E-state index contributed by atoms with van der Waals surface area (Å²) in [6, 6.07) is 0. The number of carbonyl (C=O) groups excluding carboxylic acids is 2. The molecule has 0 aromatic heterocycles. The molecule has 10 heteroatoms. The number of ether oxygens (including phenoxy) is 2. The Morgan fingerprint density at radius 2 is 0.887 bits per heavy atom. The van der Waals surface area contributed by atoms with Gasteiger partial charge in [-0.15, -0.1) is 0 Å². The smallest absolute Gasteiger partial charge is 0.462 e. The number of phosphoric acid groups is 1. The fourth-order valence-electron chi connectivity index (χ4n) is 6.92. The van der Waals surface area contributed by atoms with Crippen molar-refractivity contribution in [3.8, 4) is 0 Å².